The van der Waals surface area contributed by atoms with Gasteiger partial charge in [-0.25, -0.2) is 9.97 Å². The maximum Gasteiger partial charge on any atom is 0.159 e. The number of Topliss-reactive ketones (excluding diaryl/α,β-unsaturated/α-hetero) is 1. The average Bonchev–Trinajstić information content (AvgIpc) is 2.57. The number of thioether (sulfide) groups is 1. The molecule has 0 saturated carbocycles. The van der Waals surface area contributed by atoms with Gasteiger partial charge in [-0.15, -0.1) is 0 Å². The number of ketones is 1. The summed E-state index contributed by atoms with van der Waals surface area (Å²) in [7, 11) is 0. The third kappa shape index (κ3) is 3.32. The van der Waals surface area contributed by atoms with Crippen LogP contribution < -0.4 is 10.6 Å². The molecular formula is C17H20N4OS. The second-order valence-corrected chi connectivity index (χ2v) is 6.82. The van der Waals surface area contributed by atoms with Gasteiger partial charge < -0.3 is 10.6 Å². The second-order valence-electron chi connectivity index (χ2n) is 5.59. The maximum atomic E-state index is 11.6. The Hall–Kier alpha value is -2.08. The Morgan fingerprint density at radius 3 is 2.70 bits per heavy atom. The number of carbonyl (C=O) groups is 1. The SMILES string of the molecule is CC(=O)c1cccc(-c2nc(C)nc(N3CCSCC3)c2N)c1. The minimum absolute atomic E-state index is 0.0319. The molecule has 1 aromatic carbocycles. The van der Waals surface area contributed by atoms with Crippen LogP contribution in [0.2, 0.25) is 0 Å². The molecule has 2 aromatic rings. The topological polar surface area (TPSA) is 72.1 Å². The van der Waals surface area contributed by atoms with Crippen molar-refractivity contribution in [2.75, 3.05) is 35.2 Å². The molecule has 0 bridgehead atoms. The van der Waals surface area contributed by atoms with Gasteiger partial charge >= 0.3 is 0 Å². The predicted octanol–water partition coefficient (Wildman–Crippen LogP) is 2.79. The highest BCUT2D eigenvalue weighted by Gasteiger charge is 2.19. The zero-order valence-corrected chi connectivity index (χ0v) is 14.2. The van der Waals surface area contributed by atoms with Gasteiger partial charge in [0.1, 0.15) is 11.5 Å². The first-order chi connectivity index (χ1) is 11.1. The molecular weight excluding hydrogens is 308 g/mol. The van der Waals surface area contributed by atoms with Gasteiger partial charge in [-0.2, -0.15) is 11.8 Å². The van der Waals surface area contributed by atoms with E-state index in [-0.39, 0.29) is 5.78 Å². The Kier molecular flexibility index (Phi) is 4.52. The number of rotatable bonds is 3. The van der Waals surface area contributed by atoms with Gasteiger partial charge in [0.2, 0.25) is 0 Å². The summed E-state index contributed by atoms with van der Waals surface area (Å²) in [6.07, 6.45) is 0. The van der Waals surface area contributed by atoms with E-state index in [1.165, 1.54) is 0 Å². The van der Waals surface area contributed by atoms with E-state index in [1.54, 1.807) is 13.0 Å². The molecule has 1 aromatic heterocycles. The lowest BCUT2D eigenvalue weighted by Gasteiger charge is -2.29. The van der Waals surface area contributed by atoms with E-state index in [0.29, 0.717) is 22.8 Å². The van der Waals surface area contributed by atoms with Crippen molar-refractivity contribution in [2.24, 2.45) is 0 Å². The summed E-state index contributed by atoms with van der Waals surface area (Å²) in [5, 5.41) is 0. The minimum atomic E-state index is 0.0319. The molecule has 3 rings (SSSR count). The summed E-state index contributed by atoms with van der Waals surface area (Å²) in [4.78, 5) is 22.9. The van der Waals surface area contributed by atoms with Crippen LogP contribution in [0.15, 0.2) is 24.3 Å². The summed E-state index contributed by atoms with van der Waals surface area (Å²) >= 11 is 1.95. The molecule has 5 nitrogen and oxygen atoms in total. The first-order valence-electron chi connectivity index (χ1n) is 7.64. The van der Waals surface area contributed by atoms with Crippen molar-refractivity contribution in [1.82, 2.24) is 9.97 Å². The van der Waals surface area contributed by atoms with Gasteiger partial charge in [0.25, 0.3) is 0 Å². The standard InChI is InChI=1S/C17H20N4OS/c1-11(22)13-4-3-5-14(10-13)16-15(18)17(20-12(2)19-16)21-6-8-23-9-7-21/h3-5,10H,6-9,18H2,1-2H3. The quantitative estimate of drug-likeness (QED) is 0.874. The molecule has 6 heteroatoms. The molecule has 1 aliphatic heterocycles. The normalized spacial score (nSPS) is 14.8. The molecule has 23 heavy (non-hydrogen) atoms. The highest BCUT2D eigenvalue weighted by molar-refractivity contribution is 7.99. The summed E-state index contributed by atoms with van der Waals surface area (Å²) < 4.78 is 0. The Bertz CT molecular complexity index is 741. The number of benzene rings is 1. The molecule has 0 atom stereocenters. The number of hydrogen-bond acceptors (Lipinski definition) is 6. The van der Waals surface area contributed by atoms with Crippen LogP contribution in [0.5, 0.6) is 0 Å². The Balaban J connectivity index is 2.07. The van der Waals surface area contributed by atoms with Crippen LogP contribution in [0, 0.1) is 6.92 Å². The second kappa shape index (κ2) is 6.58. The van der Waals surface area contributed by atoms with Crippen molar-refractivity contribution in [3.63, 3.8) is 0 Å². The monoisotopic (exact) mass is 328 g/mol. The van der Waals surface area contributed by atoms with E-state index in [2.05, 4.69) is 14.9 Å². The van der Waals surface area contributed by atoms with E-state index >= 15 is 0 Å². The number of nitrogens with zero attached hydrogens (tertiary/aromatic N) is 3. The van der Waals surface area contributed by atoms with Crippen LogP contribution >= 0.6 is 11.8 Å². The molecule has 2 heterocycles. The summed E-state index contributed by atoms with van der Waals surface area (Å²) in [5.41, 5.74) is 9.19. The molecule has 1 fully saturated rings. The van der Waals surface area contributed by atoms with Crippen molar-refractivity contribution >= 4 is 29.1 Å². The van der Waals surface area contributed by atoms with E-state index in [4.69, 9.17) is 5.73 Å². The number of aromatic nitrogens is 2. The Morgan fingerprint density at radius 2 is 2.00 bits per heavy atom. The summed E-state index contributed by atoms with van der Waals surface area (Å²) in [6.45, 7) is 5.32. The lowest BCUT2D eigenvalue weighted by molar-refractivity contribution is 0.101. The fraction of sp³-hybridized carbons (Fsp3) is 0.353. The first-order valence-corrected chi connectivity index (χ1v) is 8.80. The third-order valence-corrected chi connectivity index (χ3v) is 4.83. The molecule has 1 aliphatic rings. The highest BCUT2D eigenvalue weighted by Crippen LogP contribution is 2.32. The van der Waals surface area contributed by atoms with E-state index < -0.39 is 0 Å². The van der Waals surface area contributed by atoms with E-state index in [0.717, 1.165) is 36.0 Å². The predicted molar refractivity (Wildman–Crippen MR) is 96.2 cm³/mol. The molecule has 0 spiro atoms. The van der Waals surface area contributed by atoms with Crippen LogP contribution in [0.3, 0.4) is 0 Å². The maximum absolute atomic E-state index is 11.6. The highest BCUT2D eigenvalue weighted by atomic mass is 32.2. The van der Waals surface area contributed by atoms with Crippen molar-refractivity contribution in [3.8, 4) is 11.3 Å². The van der Waals surface area contributed by atoms with E-state index in [9.17, 15) is 4.79 Å². The Morgan fingerprint density at radius 1 is 1.26 bits per heavy atom. The third-order valence-electron chi connectivity index (χ3n) is 3.89. The first kappa shape index (κ1) is 15.8. The van der Waals surface area contributed by atoms with Crippen molar-refractivity contribution in [2.45, 2.75) is 13.8 Å². The van der Waals surface area contributed by atoms with Gasteiger partial charge in [-0.1, -0.05) is 18.2 Å². The van der Waals surface area contributed by atoms with Crippen molar-refractivity contribution < 1.29 is 4.79 Å². The van der Waals surface area contributed by atoms with Crippen LogP contribution in [-0.2, 0) is 0 Å². The van der Waals surface area contributed by atoms with E-state index in [1.807, 2.05) is 36.9 Å². The van der Waals surface area contributed by atoms with Crippen LogP contribution in [0.4, 0.5) is 11.5 Å². The molecule has 120 valence electrons. The molecule has 0 radical (unpaired) electrons. The lowest BCUT2D eigenvalue weighted by atomic mass is 10.0. The van der Waals surface area contributed by atoms with Gasteiger partial charge in [-0.05, 0) is 19.9 Å². The molecule has 0 aliphatic carbocycles. The average molecular weight is 328 g/mol. The zero-order chi connectivity index (χ0) is 16.4. The molecule has 1 saturated heterocycles. The molecule has 0 unspecified atom stereocenters. The smallest absolute Gasteiger partial charge is 0.159 e. The number of nitrogen functional groups attached to an aromatic ring is 1. The number of carbonyl (C=O) groups excluding carboxylic acids is 1. The number of hydrogen-bond donors (Lipinski definition) is 1. The lowest BCUT2D eigenvalue weighted by Crippen LogP contribution is -2.34. The fourth-order valence-electron chi connectivity index (χ4n) is 2.69. The van der Waals surface area contributed by atoms with Gasteiger partial charge in [0, 0.05) is 35.7 Å². The molecule has 0 amide bonds. The van der Waals surface area contributed by atoms with Gasteiger partial charge in [0.15, 0.2) is 11.6 Å². The van der Waals surface area contributed by atoms with Crippen LogP contribution in [0.25, 0.3) is 11.3 Å². The molecule has 2 N–H and O–H groups in total. The van der Waals surface area contributed by atoms with Crippen LogP contribution in [-0.4, -0.2) is 40.3 Å². The van der Waals surface area contributed by atoms with Crippen molar-refractivity contribution in [1.29, 1.82) is 0 Å². The minimum Gasteiger partial charge on any atom is -0.394 e. The Labute approximate surface area is 140 Å². The fourth-order valence-corrected chi connectivity index (χ4v) is 3.59. The van der Waals surface area contributed by atoms with Crippen molar-refractivity contribution in [3.05, 3.63) is 35.7 Å². The number of nitrogens with two attached hydrogens (primary N) is 1. The largest absolute Gasteiger partial charge is 0.394 e. The summed E-state index contributed by atoms with van der Waals surface area (Å²) in [6, 6.07) is 7.44. The van der Waals surface area contributed by atoms with Gasteiger partial charge in [-0.3, -0.25) is 4.79 Å². The number of anilines is 2. The van der Waals surface area contributed by atoms with Gasteiger partial charge in [0.05, 0.1) is 5.69 Å². The summed E-state index contributed by atoms with van der Waals surface area (Å²) in [5.74, 6) is 3.69. The number of aryl methyl sites for hydroxylation is 1. The van der Waals surface area contributed by atoms with Crippen LogP contribution in [0.1, 0.15) is 23.1 Å². The zero-order valence-electron chi connectivity index (χ0n) is 13.4.